The Kier molecular flexibility index (Phi) is 8.28. The number of carbonyl (C=O) groups excluding carboxylic acids is 1. The summed E-state index contributed by atoms with van der Waals surface area (Å²) in [5.74, 6) is -0.897. The molecule has 1 atom stereocenters. The van der Waals surface area contributed by atoms with E-state index in [1.807, 2.05) is 4.90 Å². The topological polar surface area (TPSA) is 75.7 Å². The molecule has 1 fully saturated rings. The monoisotopic (exact) mass is 518 g/mol. The Balaban J connectivity index is 1.80. The number of amides is 1. The van der Waals surface area contributed by atoms with Crippen molar-refractivity contribution in [3.63, 3.8) is 0 Å². The molecule has 1 aliphatic heterocycles. The SMILES string of the molecule is CCS(=O)(=O)c1ccc(Cl)cc1CNC(=O)c1ccc(CN2CCC(OC)C2)c(C(F)(F)F)c1. The van der Waals surface area contributed by atoms with Crippen molar-refractivity contribution < 1.29 is 31.1 Å². The largest absolute Gasteiger partial charge is 0.416 e. The van der Waals surface area contributed by atoms with Gasteiger partial charge in [0.15, 0.2) is 9.84 Å². The molecule has 2 aromatic rings. The molecule has 0 spiro atoms. The fourth-order valence-corrected chi connectivity index (χ4v) is 5.23. The highest BCUT2D eigenvalue weighted by Crippen LogP contribution is 2.34. The molecule has 2 aromatic carbocycles. The number of halogens is 4. The molecule has 1 N–H and O–H groups in total. The number of hydrogen-bond donors (Lipinski definition) is 1. The van der Waals surface area contributed by atoms with E-state index in [1.165, 1.54) is 37.3 Å². The summed E-state index contributed by atoms with van der Waals surface area (Å²) in [6.07, 6.45) is -3.90. The maximum atomic E-state index is 13.8. The normalized spacial score (nSPS) is 17.2. The van der Waals surface area contributed by atoms with E-state index in [2.05, 4.69) is 5.32 Å². The molecule has 11 heteroatoms. The van der Waals surface area contributed by atoms with Gasteiger partial charge in [-0.1, -0.05) is 24.6 Å². The molecule has 0 bridgehead atoms. The van der Waals surface area contributed by atoms with Gasteiger partial charge in [-0.2, -0.15) is 13.2 Å². The van der Waals surface area contributed by atoms with Crippen LogP contribution in [0.4, 0.5) is 13.2 Å². The molecule has 186 valence electrons. The second-order valence-corrected chi connectivity index (χ2v) is 10.8. The Morgan fingerprint density at radius 2 is 1.94 bits per heavy atom. The maximum Gasteiger partial charge on any atom is 0.416 e. The molecule has 1 amide bonds. The zero-order valence-electron chi connectivity index (χ0n) is 18.8. The van der Waals surface area contributed by atoms with Gasteiger partial charge in [-0.3, -0.25) is 9.69 Å². The van der Waals surface area contributed by atoms with Gasteiger partial charge in [-0.25, -0.2) is 8.42 Å². The van der Waals surface area contributed by atoms with Gasteiger partial charge in [0, 0.05) is 43.9 Å². The first-order valence-electron chi connectivity index (χ1n) is 10.7. The molecule has 0 radical (unpaired) electrons. The van der Waals surface area contributed by atoms with Crippen LogP contribution in [0, 0.1) is 0 Å². The van der Waals surface area contributed by atoms with Crippen molar-refractivity contribution in [2.24, 2.45) is 0 Å². The van der Waals surface area contributed by atoms with Gasteiger partial charge in [-0.15, -0.1) is 0 Å². The van der Waals surface area contributed by atoms with E-state index in [4.69, 9.17) is 16.3 Å². The lowest BCUT2D eigenvalue weighted by Gasteiger charge is -2.20. The lowest BCUT2D eigenvalue weighted by atomic mass is 10.0. The molecule has 0 aromatic heterocycles. The first-order chi connectivity index (χ1) is 15.9. The van der Waals surface area contributed by atoms with Crippen LogP contribution in [-0.2, 0) is 33.8 Å². The van der Waals surface area contributed by atoms with Crippen LogP contribution in [-0.4, -0.2) is 51.3 Å². The van der Waals surface area contributed by atoms with E-state index < -0.39 is 27.5 Å². The standard InChI is InChI=1S/C23H26ClF3N2O4S/c1-3-34(31,32)21-7-6-18(24)10-17(21)12-28-22(30)15-4-5-16(20(11-15)23(25,26)27)13-29-9-8-19(14-29)33-2/h4-7,10-11,19H,3,8-9,12-14H2,1-2H3,(H,28,30). The Morgan fingerprint density at radius 3 is 2.56 bits per heavy atom. The second kappa shape index (κ2) is 10.6. The average molecular weight is 519 g/mol. The van der Waals surface area contributed by atoms with Crippen LogP contribution in [0.25, 0.3) is 0 Å². The van der Waals surface area contributed by atoms with Crippen molar-refractivity contribution in [1.29, 1.82) is 0 Å². The molecule has 34 heavy (non-hydrogen) atoms. The smallest absolute Gasteiger partial charge is 0.380 e. The summed E-state index contributed by atoms with van der Waals surface area (Å²) in [5.41, 5.74) is -0.712. The Labute approximate surface area is 202 Å². The highest BCUT2D eigenvalue weighted by atomic mass is 35.5. The third-order valence-electron chi connectivity index (χ3n) is 5.81. The Bertz CT molecular complexity index is 1160. The lowest BCUT2D eigenvalue weighted by Crippen LogP contribution is -2.26. The van der Waals surface area contributed by atoms with Crippen LogP contribution in [0.5, 0.6) is 0 Å². The van der Waals surface area contributed by atoms with E-state index in [-0.39, 0.29) is 51.6 Å². The van der Waals surface area contributed by atoms with E-state index in [0.29, 0.717) is 13.1 Å². The van der Waals surface area contributed by atoms with Crippen LogP contribution in [0.3, 0.4) is 0 Å². The quantitative estimate of drug-likeness (QED) is 0.564. The predicted octanol–water partition coefficient (Wildman–Crippen LogP) is 4.30. The van der Waals surface area contributed by atoms with Crippen LogP contribution < -0.4 is 5.32 Å². The molecule has 1 unspecified atom stereocenters. The summed E-state index contributed by atoms with van der Waals surface area (Å²) in [7, 11) is -2.00. The summed E-state index contributed by atoms with van der Waals surface area (Å²) in [6, 6.07) is 7.68. The van der Waals surface area contributed by atoms with Crippen LogP contribution in [0.2, 0.25) is 5.02 Å². The van der Waals surface area contributed by atoms with Gasteiger partial charge in [0.1, 0.15) is 0 Å². The number of sulfone groups is 1. The number of alkyl halides is 3. The lowest BCUT2D eigenvalue weighted by molar-refractivity contribution is -0.138. The van der Waals surface area contributed by atoms with Crippen molar-refractivity contribution >= 4 is 27.3 Å². The first-order valence-corrected chi connectivity index (χ1v) is 12.7. The summed E-state index contributed by atoms with van der Waals surface area (Å²) < 4.78 is 71.2. The van der Waals surface area contributed by atoms with E-state index in [9.17, 15) is 26.4 Å². The number of benzene rings is 2. The van der Waals surface area contributed by atoms with Gasteiger partial charge >= 0.3 is 6.18 Å². The first kappa shape index (κ1) is 26.5. The average Bonchev–Trinajstić information content (AvgIpc) is 3.24. The van der Waals surface area contributed by atoms with E-state index in [0.717, 1.165) is 12.5 Å². The number of ether oxygens (including phenoxy) is 1. The zero-order chi connectivity index (χ0) is 25.1. The number of nitrogens with zero attached hydrogens (tertiary/aromatic N) is 1. The molecule has 6 nitrogen and oxygen atoms in total. The van der Waals surface area contributed by atoms with Crippen molar-refractivity contribution in [2.45, 2.75) is 43.6 Å². The third-order valence-corrected chi connectivity index (χ3v) is 7.87. The maximum absolute atomic E-state index is 13.8. The van der Waals surface area contributed by atoms with Gasteiger partial charge in [0.2, 0.25) is 0 Å². The van der Waals surface area contributed by atoms with Gasteiger partial charge in [0.25, 0.3) is 5.91 Å². The van der Waals surface area contributed by atoms with Crippen molar-refractivity contribution in [3.8, 4) is 0 Å². The Morgan fingerprint density at radius 1 is 1.21 bits per heavy atom. The molecular weight excluding hydrogens is 493 g/mol. The van der Waals surface area contributed by atoms with E-state index in [1.54, 1.807) is 7.11 Å². The van der Waals surface area contributed by atoms with E-state index >= 15 is 0 Å². The summed E-state index contributed by atoms with van der Waals surface area (Å²) in [6.45, 7) is 2.55. The number of hydrogen-bond acceptors (Lipinski definition) is 5. The third kappa shape index (κ3) is 6.29. The van der Waals surface area contributed by atoms with Crippen LogP contribution >= 0.6 is 11.6 Å². The second-order valence-electron chi connectivity index (χ2n) is 8.09. The minimum absolute atomic E-state index is 0.00714. The highest BCUT2D eigenvalue weighted by molar-refractivity contribution is 7.91. The molecular formula is C23H26ClF3N2O4S. The summed E-state index contributed by atoms with van der Waals surface area (Å²) in [5, 5.41) is 2.79. The summed E-state index contributed by atoms with van der Waals surface area (Å²) >= 11 is 5.97. The minimum atomic E-state index is -4.64. The van der Waals surface area contributed by atoms with Gasteiger partial charge in [0.05, 0.1) is 22.3 Å². The van der Waals surface area contributed by atoms with Crippen LogP contribution in [0.15, 0.2) is 41.3 Å². The van der Waals surface area contributed by atoms with Gasteiger partial charge in [-0.05, 0) is 47.9 Å². The predicted molar refractivity (Wildman–Crippen MR) is 122 cm³/mol. The molecule has 3 rings (SSSR count). The minimum Gasteiger partial charge on any atom is -0.380 e. The highest BCUT2D eigenvalue weighted by Gasteiger charge is 2.35. The number of likely N-dealkylation sites (tertiary alicyclic amines) is 1. The van der Waals surface area contributed by atoms with Crippen molar-refractivity contribution in [3.05, 3.63) is 63.7 Å². The molecule has 1 aliphatic rings. The summed E-state index contributed by atoms with van der Waals surface area (Å²) in [4.78, 5) is 14.6. The van der Waals surface area contributed by atoms with Crippen molar-refractivity contribution in [2.75, 3.05) is 26.0 Å². The molecule has 1 saturated heterocycles. The zero-order valence-corrected chi connectivity index (χ0v) is 20.4. The molecule has 0 aliphatic carbocycles. The fourth-order valence-electron chi connectivity index (χ4n) is 3.92. The van der Waals surface area contributed by atoms with Crippen LogP contribution in [0.1, 0.15) is 40.4 Å². The fraction of sp³-hybridized carbons (Fsp3) is 0.435. The Hall–Kier alpha value is -2.14. The van der Waals surface area contributed by atoms with Crippen molar-refractivity contribution in [1.82, 2.24) is 10.2 Å². The number of nitrogens with one attached hydrogen (secondary N) is 1. The van der Waals surface area contributed by atoms with Gasteiger partial charge < -0.3 is 10.1 Å². The number of rotatable bonds is 8. The number of carbonyl (C=O) groups is 1. The number of methoxy groups -OCH3 is 1. The molecule has 1 heterocycles. The molecule has 0 saturated carbocycles.